The predicted octanol–water partition coefficient (Wildman–Crippen LogP) is 0.590. The number of hydrogen-bond donors (Lipinski definition) is 0. The lowest BCUT2D eigenvalue weighted by Crippen LogP contribution is -2.41. The third-order valence-electron chi connectivity index (χ3n) is 4.14. The van der Waals surface area contributed by atoms with Crippen molar-refractivity contribution in [3.05, 3.63) is 11.7 Å². The molecule has 1 aromatic rings. The fourth-order valence-electron chi connectivity index (χ4n) is 3.10. The minimum atomic E-state index is -0.0651. The van der Waals surface area contributed by atoms with E-state index in [0.29, 0.717) is 12.4 Å². The molecule has 0 aliphatic carbocycles. The number of esters is 1. The number of ether oxygens (including phenoxy) is 1. The Kier molecular flexibility index (Phi) is 4.21. The first-order valence-corrected chi connectivity index (χ1v) is 7.58. The number of aromatic nitrogens is 2. The summed E-state index contributed by atoms with van der Waals surface area (Å²) >= 11 is 0. The molecular formula is C14H22N4O3. The largest absolute Gasteiger partial charge is 0.461 e. The van der Waals surface area contributed by atoms with Crippen LogP contribution >= 0.6 is 0 Å². The van der Waals surface area contributed by atoms with Crippen LogP contribution in [-0.4, -0.2) is 64.2 Å². The fraction of sp³-hybridized carbons (Fsp3) is 0.786. The fourth-order valence-corrected chi connectivity index (χ4v) is 3.10. The number of aryl methyl sites for hydroxylation is 1. The number of rotatable bonds is 3. The first-order valence-electron chi connectivity index (χ1n) is 7.58. The summed E-state index contributed by atoms with van der Waals surface area (Å²) < 4.78 is 10.3. The van der Waals surface area contributed by atoms with E-state index in [9.17, 15) is 4.79 Å². The zero-order valence-corrected chi connectivity index (χ0v) is 12.6. The van der Waals surface area contributed by atoms with Gasteiger partial charge in [0, 0.05) is 33.0 Å². The molecule has 2 fully saturated rings. The first-order chi connectivity index (χ1) is 10.1. The molecule has 2 aliphatic rings. The highest BCUT2D eigenvalue weighted by molar-refractivity contribution is 5.77. The van der Waals surface area contributed by atoms with Gasteiger partial charge in [-0.15, -0.1) is 0 Å². The van der Waals surface area contributed by atoms with E-state index in [1.165, 1.54) is 0 Å². The maximum atomic E-state index is 11.9. The molecule has 0 spiro atoms. The van der Waals surface area contributed by atoms with Gasteiger partial charge in [0.05, 0.1) is 6.54 Å². The lowest BCUT2D eigenvalue weighted by molar-refractivity contribution is -0.144. The van der Waals surface area contributed by atoms with Crippen LogP contribution in [0.2, 0.25) is 0 Å². The molecule has 0 saturated carbocycles. The van der Waals surface area contributed by atoms with E-state index in [0.717, 1.165) is 44.8 Å². The van der Waals surface area contributed by atoms with Crippen molar-refractivity contribution in [2.75, 3.05) is 26.2 Å². The maximum absolute atomic E-state index is 11.9. The van der Waals surface area contributed by atoms with Gasteiger partial charge in [-0.25, -0.2) is 0 Å². The second kappa shape index (κ2) is 6.11. The standard InChI is InChI=1S/C14H22N4O3/c1-10-8-12(14(19)20-10)18-5-3-4-17(6-7-18)9-13-15-11(2)21-16-13/h10,12H,3-9H2,1-2H3. The van der Waals surface area contributed by atoms with Gasteiger partial charge in [0.1, 0.15) is 12.1 Å². The Bertz CT molecular complexity index is 504. The van der Waals surface area contributed by atoms with Crippen molar-refractivity contribution in [1.82, 2.24) is 19.9 Å². The Balaban J connectivity index is 1.55. The molecule has 1 aromatic heterocycles. The topological polar surface area (TPSA) is 71.7 Å². The van der Waals surface area contributed by atoms with Crippen molar-refractivity contribution < 1.29 is 14.1 Å². The molecule has 0 aromatic carbocycles. The zero-order valence-electron chi connectivity index (χ0n) is 12.6. The summed E-state index contributed by atoms with van der Waals surface area (Å²) in [6, 6.07) is -0.0626. The Hall–Kier alpha value is -1.47. The van der Waals surface area contributed by atoms with Crippen LogP contribution < -0.4 is 0 Å². The second-order valence-electron chi connectivity index (χ2n) is 5.89. The van der Waals surface area contributed by atoms with E-state index >= 15 is 0 Å². The van der Waals surface area contributed by atoms with Gasteiger partial charge in [0.15, 0.2) is 5.82 Å². The van der Waals surface area contributed by atoms with Gasteiger partial charge in [0.2, 0.25) is 5.89 Å². The highest BCUT2D eigenvalue weighted by Gasteiger charge is 2.36. The number of hydrogen-bond acceptors (Lipinski definition) is 7. The molecule has 2 atom stereocenters. The lowest BCUT2D eigenvalue weighted by atomic mass is 10.1. The van der Waals surface area contributed by atoms with E-state index in [2.05, 4.69) is 19.9 Å². The van der Waals surface area contributed by atoms with Crippen LogP contribution in [0.5, 0.6) is 0 Å². The second-order valence-corrected chi connectivity index (χ2v) is 5.89. The van der Waals surface area contributed by atoms with Gasteiger partial charge in [-0.2, -0.15) is 4.98 Å². The average Bonchev–Trinajstić information content (AvgIpc) is 2.90. The van der Waals surface area contributed by atoms with Gasteiger partial charge < -0.3 is 9.26 Å². The van der Waals surface area contributed by atoms with Crippen molar-refractivity contribution in [2.24, 2.45) is 0 Å². The normalized spacial score (nSPS) is 28.6. The third kappa shape index (κ3) is 3.41. The van der Waals surface area contributed by atoms with E-state index in [-0.39, 0.29) is 18.1 Å². The van der Waals surface area contributed by atoms with Crippen molar-refractivity contribution in [2.45, 2.75) is 45.4 Å². The van der Waals surface area contributed by atoms with Crippen LogP contribution in [0, 0.1) is 6.92 Å². The molecule has 7 nitrogen and oxygen atoms in total. The van der Waals surface area contributed by atoms with Crippen LogP contribution in [0.4, 0.5) is 0 Å². The quantitative estimate of drug-likeness (QED) is 0.755. The SMILES string of the molecule is Cc1nc(CN2CCCN(C3CC(C)OC3=O)CC2)no1. The molecule has 21 heavy (non-hydrogen) atoms. The highest BCUT2D eigenvalue weighted by Crippen LogP contribution is 2.21. The molecule has 116 valence electrons. The number of carbonyl (C=O) groups excluding carboxylic acids is 1. The summed E-state index contributed by atoms with van der Waals surface area (Å²) in [6.45, 7) is 8.18. The van der Waals surface area contributed by atoms with Gasteiger partial charge in [0.25, 0.3) is 0 Å². The van der Waals surface area contributed by atoms with Crippen LogP contribution in [0.25, 0.3) is 0 Å². The molecule has 3 heterocycles. The Morgan fingerprint density at radius 2 is 2.14 bits per heavy atom. The van der Waals surface area contributed by atoms with Crippen LogP contribution in [0.1, 0.15) is 31.5 Å². The molecule has 7 heteroatoms. The third-order valence-corrected chi connectivity index (χ3v) is 4.14. The Morgan fingerprint density at radius 1 is 1.29 bits per heavy atom. The summed E-state index contributed by atoms with van der Waals surface area (Å²) in [5.74, 6) is 1.27. The van der Waals surface area contributed by atoms with Crippen LogP contribution in [0.15, 0.2) is 4.52 Å². The summed E-state index contributed by atoms with van der Waals surface area (Å²) in [6.07, 6.45) is 1.89. The highest BCUT2D eigenvalue weighted by atomic mass is 16.6. The molecule has 0 bridgehead atoms. The number of nitrogens with zero attached hydrogens (tertiary/aromatic N) is 4. The van der Waals surface area contributed by atoms with Gasteiger partial charge in [-0.05, 0) is 19.9 Å². The zero-order chi connectivity index (χ0) is 14.8. The monoisotopic (exact) mass is 294 g/mol. The summed E-state index contributed by atoms with van der Waals surface area (Å²) in [7, 11) is 0. The molecule has 0 radical (unpaired) electrons. The minimum absolute atomic E-state index is 0.0455. The van der Waals surface area contributed by atoms with Crippen molar-refractivity contribution >= 4 is 5.97 Å². The van der Waals surface area contributed by atoms with E-state index in [4.69, 9.17) is 9.26 Å². The Morgan fingerprint density at radius 3 is 2.81 bits per heavy atom. The van der Waals surface area contributed by atoms with E-state index in [1.807, 2.05) is 6.92 Å². The molecule has 2 unspecified atom stereocenters. The molecule has 0 amide bonds. The van der Waals surface area contributed by atoms with Crippen molar-refractivity contribution in [3.8, 4) is 0 Å². The van der Waals surface area contributed by atoms with E-state index in [1.54, 1.807) is 6.92 Å². The summed E-state index contributed by atoms with van der Waals surface area (Å²) in [5, 5.41) is 3.94. The van der Waals surface area contributed by atoms with Crippen molar-refractivity contribution in [3.63, 3.8) is 0 Å². The lowest BCUT2D eigenvalue weighted by Gasteiger charge is -2.24. The smallest absolute Gasteiger partial charge is 0.323 e. The molecule has 2 saturated heterocycles. The summed E-state index contributed by atoms with van der Waals surface area (Å²) in [4.78, 5) is 20.7. The average molecular weight is 294 g/mol. The summed E-state index contributed by atoms with van der Waals surface area (Å²) in [5.41, 5.74) is 0. The molecule has 3 rings (SSSR count). The number of cyclic esters (lactones) is 1. The molecule has 0 N–H and O–H groups in total. The number of carbonyl (C=O) groups is 1. The van der Waals surface area contributed by atoms with Gasteiger partial charge >= 0.3 is 5.97 Å². The first kappa shape index (κ1) is 14.5. The molecular weight excluding hydrogens is 272 g/mol. The maximum Gasteiger partial charge on any atom is 0.323 e. The van der Waals surface area contributed by atoms with E-state index < -0.39 is 0 Å². The van der Waals surface area contributed by atoms with Gasteiger partial charge in [-0.3, -0.25) is 14.6 Å². The minimum Gasteiger partial charge on any atom is -0.461 e. The Labute approximate surface area is 124 Å². The van der Waals surface area contributed by atoms with Gasteiger partial charge in [-0.1, -0.05) is 5.16 Å². The molecule has 2 aliphatic heterocycles. The van der Waals surface area contributed by atoms with Crippen LogP contribution in [-0.2, 0) is 16.1 Å². The van der Waals surface area contributed by atoms with Crippen LogP contribution in [0.3, 0.4) is 0 Å². The van der Waals surface area contributed by atoms with Crippen molar-refractivity contribution in [1.29, 1.82) is 0 Å². The predicted molar refractivity (Wildman–Crippen MR) is 74.5 cm³/mol.